The van der Waals surface area contributed by atoms with E-state index in [0.29, 0.717) is 46.1 Å². The van der Waals surface area contributed by atoms with Crippen molar-refractivity contribution in [1.29, 1.82) is 0 Å². The molecule has 2 heterocycles. The van der Waals surface area contributed by atoms with E-state index in [2.05, 4.69) is 77.1 Å². The number of aromatic nitrogens is 1. The Hall–Kier alpha value is -5.49. The van der Waals surface area contributed by atoms with Gasteiger partial charge in [0.1, 0.15) is 16.9 Å². The van der Waals surface area contributed by atoms with Crippen molar-refractivity contribution in [1.82, 2.24) is 4.57 Å². The van der Waals surface area contributed by atoms with Gasteiger partial charge in [0.15, 0.2) is 6.29 Å². The third-order valence-corrected chi connectivity index (χ3v) is 9.70. The molecule has 0 N–H and O–H groups in total. The highest BCUT2D eigenvalue weighted by atomic mass is 16.5. The van der Waals surface area contributed by atoms with Crippen LogP contribution in [0.2, 0.25) is 0 Å². The molecule has 0 fully saturated rings. The maximum absolute atomic E-state index is 13.7. The van der Waals surface area contributed by atoms with Gasteiger partial charge in [-0.3, -0.25) is 19.0 Å². The first-order valence-electron chi connectivity index (χ1n) is 18.5. The van der Waals surface area contributed by atoms with Gasteiger partial charge in [0.05, 0.1) is 6.61 Å². The van der Waals surface area contributed by atoms with Crippen molar-refractivity contribution < 1.29 is 13.9 Å². The number of rotatable bonds is 7. The maximum Gasteiger partial charge on any atom is 0.261 e. The molecule has 0 radical (unpaired) electrons. The van der Waals surface area contributed by atoms with Gasteiger partial charge in [-0.1, -0.05) is 82.7 Å². The molecule has 6 heteroatoms. The van der Waals surface area contributed by atoms with Crippen LogP contribution in [0.1, 0.15) is 88.9 Å². The zero-order valence-electron chi connectivity index (χ0n) is 32.8. The predicted molar refractivity (Wildman–Crippen MR) is 222 cm³/mol. The molecule has 0 unspecified atom stereocenters. The number of nitrogens with zero attached hydrogens (tertiary/aromatic N) is 1. The van der Waals surface area contributed by atoms with Crippen molar-refractivity contribution >= 4 is 49.8 Å². The van der Waals surface area contributed by atoms with Crippen LogP contribution in [0.3, 0.4) is 0 Å². The Bertz CT molecular complexity index is 2500. The largest absolute Gasteiger partial charge is 0.494 e. The van der Waals surface area contributed by atoms with Crippen LogP contribution in [0, 0.1) is 13.8 Å². The minimum atomic E-state index is -0.318. The molecule has 0 amide bonds. The fourth-order valence-corrected chi connectivity index (χ4v) is 6.62. The number of benzene rings is 5. The fourth-order valence-electron chi connectivity index (χ4n) is 6.62. The normalized spacial score (nSPS) is 11.3. The van der Waals surface area contributed by atoms with Crippen molar-refractivity contribution in [3.05, 3.63) is 133 Å². The molecule has 6 nitrogen and oxygen atoms in total. The minimum Gasteiger partial charge on any atom is -0.494 e. The molecular formula is C47H51NO5. The summed E-state index contributed by atoms with van der Waals surface area (Å²) in [6.07, 6.45) is 3.40. The molecule has 0 saturated heterocycles. The van der Waals surface area contributed by atoms with Crippen molar-refractivity contribution in [2.45, 2.75) is 87.6 Å². The van der Waals surface area contributed by atoms with Gasteiger partial charge < -0.3 is 9.15 Å². The number of carbonyl (C=O) groups is 1. The number of hydrogen-bond donors (Lipinski definition) is 0. The smallest absolute Gasteiger partial charge is 0.261 e. The SMILES string of the molecule is CC.CC=C(C)C.Cc1cc(OCCCn2c(=O)c3ccc4oc5ccc(-c6ccc(C(C)(C)C)cc6)cc5c5ccc(c2=O)c3c45)cc(C)c1C=O. The van der Waals surface area contributed by atoms with Crippen LogP contribution < -0.4 is 15.9 Å². The summed E-state index contributed by atoms with van der Waals surface area (Å²) in [5.74, 6) is 0.659. The molecule has 0 saturated carbocycles. The van der Waals surface area contributed by atoms with Gasteiger partial charge in [0, 0.05) is 39.0 Å². The number of aryl methyl sites for hydroxylation is 2. The molecule has 0 aliphatic carbocycles. The zero-order chi connectivity index (χ0) is 38.6. The monoisotopic (exact) mass is 709 g/mol. The predicted octanol–water partition coefficient (Wildman–Crippen LogP) is 11.7. The fraction of sp³-hybridized carbons (Fsp3) is 0.298. The second kappa shape index (κ2) is 16.0. The Balaban J connectivity index is 0.000000715. The lowest BCUT2D eigenvalue weighted by molar-refractivity contribution is 0.112. The summed E-state index contributed by atoms with van der Waals surface area (Å²) in [5.41, 5.74) is 8.01. The van der Waals surface area contributed by atoms with Gasteiger partial charge in [-0.05, 0) is 122 Å². The molecule has 0 bridgehead atoms. The van der Waals surface area contributed by atoms with Gasteiger partial charge in [0.25, 0.3) is 11.1 Å². The van der Waals surface area contributed by atoms with Gasteiger partial charge in [-0.25, -0.2) is 0 Å². The molecule has 5 aromatic carbocycles. The van der Waals surface area contributed by atoms with E-state index in [-0.39, 0.29) is 23.1 Å². The maximum atomic E-state index is 13.7. The lowest BCUT2D eigenvalue weighted by Crippen LogP contribution is -2.33. The lowest BCUT2D eigenvalue weighted by Gasteiger charge is -2.19. The highest BCUT2D eigenvalue weighted by Gasteiger charge is 2.20. The number of aldehydes is 1. The van der Waals surface area contributed by atoms with E-state index in [1.165, 1.54) is 15.7 Å². The Morgan fingerprint density at radius 2 is 1.28 bits per heavy atom. The van der Waals surface area contributed by atoms with Crippen LogP contribution in [-0.4, -0.2) is 17.5 Å². The second-order valence-electron chi connectivity index (χ2n) is 14.6. The summed E-state index contributed by atoms with van der Waals surface area (Å²) >= 11 is 0. The third-order valence-electron chi connectivity index (χ3n) is 9.70. The first-order chi connectivity index (χ1) is 25.3. The van der Waals surface area contributed by atoms with E-state index in [0.717, 1.165) is 50.3 Å². The summed E-state index contributed by atoms with van der Waals surface area (Å²) < 4.78 is 13.6. The van der Waals surface area contributed by atoms with Crippen LogP contribution in [0.5, 0.6) is 5.75 Å². The molecule has 0 atom stereocenters. The Morgan fingerprint density at radius 3 is 1.85 bits per heavy atom. The Morgan fingerprint density at radius 1 is 0.736 bits per heavy atom. The molecule has 53 heavy (non-hydrogen) atoms. The molecule has 7 rings (SSSR count). The number of fused-ring (bicyclic) bond motifs is 2. The highest BCUT2D eigenvalue weighted by molar-refractivity contribution is 6.26. The van der Waals surface area contributed by atoms with Gasteiger partial charge in [0.2, 0.25) is 0 Å². The zero-order valence-corrected chi connectivity index (χ0v) is 32.8. The summed E-state index contributed by atoms with van der Waals surface area (Å²) in [7, 11) is 0. The van der Waals surface area contributed by atoms with Gasteiger partial charge >= 0.3 is 0 Å². The number of allylic oxidation sites excluding steroid dienone is 2. The molecule has 0 spiro atoms. The third kappa shape index (κ3) is 7.83. The Kier molecular flexibility index (Phi) is 11.7. The van der Waals surface area contributed by atoms with E-state index in [1.807, 2.05) is 71.0 Å². The van der Waals surface area contributed by atoms with Crippen LogP contribution in [0.15, 0.2) is 105 Å². The van der Waals surface area contributed by atoms with Gasteiger partial charge in [-0.2, -0.15) is 0 Å². The number of ether oxygens (including phenoxy) is 1. The topological polar surface area (TPSA) is 78.5 Å². The molecular weight excluding hydrogens is 659 g/mol. The minimum absolute atomic E-state index is 0.0734. The van der Waals surface area contributed by atoms with Crippen LogP contribution in [0.4, 0.5) is 0 Å². The quantitative estimate of drug-likeness (QED) is 0.0541. The molecule has 0 aliphatic heterocycles. The summed E-state index contributed by atoms with van der Waals surface area (Å²) in [6, 6.07) is 25.9. The molecule has 0 aliphatic rings. The molecule has 274 valence electrons. The van der Waals surface area contributed by atoms with Crippen LogP contribution in [0.25, 0.3) is 54.6 Å². The molecule has 7 aromatic rings. The van der Waals surface area contributed by atoms with Crippen molar-refractivity contribution in [2.24, 2.45) is 0 Å². The number of carbonyl (C=O) groups excluding carboxylic acids is 1. The average molecular weight is 710 g/mol. The van der Waals surface area contributed by atoms with Crippen molar-refractivity contribution in [3.63, 3.8) is 0 Å². The number of pyridine rings is 1. The van der Waals surface area contributed by atoms with E-state index < -0.39 is 0 Å². The second-order valence-corrected chi connectivity index (χ2v) is 14.6. The van der Waals surface area contributed by atoms with Gasteiger partial charge in [-0.15, -0.1) is 0 Å². The van der Waals surface area contributed by atoms with E-state index in [9.17, 15) is 14.4 Å². The first kappa shape index (κ1) is 38.7. The summed E-state index contributed by atoms with van der Waals surface area (Å²) in [4.78, 5) is 38.8. The lowest BCUT2D eigenvalue weighted by atomic mass is 9.86. The highest BCUT2D eigenvalue weighted by Crippen LogP contribution is 2.38. The van der Waals surface area contributed by atoms with E-state index in [4.69, 9.17) is 9.15 Å². The Labute approximate surface area is 312 Å². The summed E-state index contributed by atoms with van der Waals surface area (Å²) in [5, 5.41) is 4.29. The molecule has 2 aromatic heterocycles. The standard InChI is InChI=1S/C40H35NO5.C5H10.C2H6/c1-23-19-28(20-24(2)33(23)22-42)45-18-6-17-41-38(43)30-13-12-29-32-21-26(25-7-10-27(11-8-25)40(3,4)5)9-15-34(32)46-35-16-14-31(39(41)44)36(30)37(29)35;1-4-5(2)3;1-2/h7-16,19-22H,6,17-18H2,1-5H3;4H,1-3H3;1-2H3. The van der Waals surface area contributed by atoms with E-state index >= 15 is 0 Å². The van der Waals surface area contributed by atoms with Crippen molar-refractivity contribution in [2.75, 3.05) is 6.61 Å². The number of hydrogen-bond acceptors (Lipinski definition) is 5. The van der Waals surface area contributed by atoms with Crippen molar-refractivity contribution in [3.8, 4) is 16.9 Å². The first-order valence-corrected chi connectivity index (χ1v) is 18.5. The average Bonchev–Trinajstić information content (AvgIpc) is 3.14. The summed E-state index contributed by atoms with van der Waals surface area (Å²) in [6.45, 7) is 21.1. The van der Waals surface area contributed by atoms with Crippen LogP contribution in [-0.2, 0) is 12.0 Å². The van der Waals surface area contributed by atoms with Crippen LogP contribution >= 0.6 is 0 Å². The van der Waals surface area contributed by atoms with E-state index in [1.54, 1.807) is 6.07 Å².